The maximum absolute atomic E-state index is 12.1. The number of hydrogen-bond donors (Lipinski definition) is 0. The van der Waals surface area contributed by atoms with Crippen molar-refractivity contribution in [1.29, 1.82) is 0 Å². The standard InChI is InChI=1S/C11H13Cl2NO2/c12-7-8-3-1-2-6-14(8)11(15)9-4-5-10(13)16-9/h4-5,8H,1-3,6-7H2. The van der Waals surface area contributed by atoms with Crippen molar-refractivity contribution in [2.75, 3.05) is 12.4 Å². The highest BCUT2D eigenvalue weighted by Crippen LogP contribution is 2.22. The molecule has 0 aliphatic carbocycles. The van der Waals surface area contributed by atoms with Crippen molar-refractivity contribution in [2.45, 2.75) is 25.3 Å². The van der Waals surface area contributed by atoms with Crippen LogP contribution in [0.1, 0.15) is 29.8 Å². The van der Waals surface area contributed by atoms with Gasteiger partial charge in [0.05, 0.1) is 0 Å². The van der Waals surface area contributed by atoms with Crippen molar-refractivity contribution < 1.29 is 9.21 Å². The molecule has 1 saturated heterocycles. The smallest absolute Gasteiger partial charge is 0.289 e. The van der Waals surface area contributed by atoms with E-state index < -0.39 is 0 Å². The van der Waals surface area contributed by atoms with E-state index in [1.54, 1.807) is 17.0 Å². The molecule has 3 nitrogen and oxygen atoms in total. The molecule has 16 heavy (non-hydrogen) atoms. The Balaban J connectivity index is 2.13. The van der Waals surface area contributed by atoms with Gasteiger partial charge in [-0.1, -0.05) is 0 Å². The van der Waals surface area contributed by atoms with E-state index >= 15 is 0 Å². The summed E-state index contributed by atoms with van der Waals surface area (Å²) in [4.78, 5) is 13.9. The van der Waals surface area contributed by atoms with Crippen LogP contribution >= 0.6 is 23.2 Å². The quantitative estimate of drug-likeness (QED) is 0.767. The van der Waals surface area contributed by atoms with Crippen LogP contribution in [0.3, 0.4) is 0 Å². The van der Waals surface area contributed by atoms with Crippen molar-refractivity contribution in [3.05, 3.63) is 23.1 Å². The molecule has 0 aromatic carbocycles. The number of carbonyl (C=O) groups excluding carboxylic acids is 1. The molecule has 1 aliphatic rings. The van der Waals surface area contributed by atoms with Crippen molar-refractivity contribution in [1.82, 2.24) is 4.90 Å². The van der Waals surface area contributed by atoms with Gasteiger partial charge in [-0.05, 0) is 43.0 Å². The van der Waals surface area contributed by atoms with Gasteiger partial charge in [-0.25, -0.2) is 0 Å². The van der Waals surface area contributed by atoms with Crippen LogP contribution in [0.5, 0.6) is 0 Å². The molecule has 88 valence electrons. The molecule has 1 atom stereocenters. The maximum atomic E-state index is 12.1. The average Bonchev–Trinajstić information content (AvgIpc) is 2.75. The summed E-state index contributed by atoms with van der Waals surface area (Å²) in [5.74, 6) is 0.652. The van der Waals surface area contributed by atoms with E-state index in [0.717, 1.165) is 25.8 Å². The zero-order valence-electron chi connectivity index (χ0n) is 8.79. The maximum Gasteiger partial charge on any atom is 0.289 e. The Morgan fingerprint density at radius 1 is 1.50 bits per heavy atom. The van der Waals surface area contributed by atoms with Gasteiger partial charge in [-0.15, -0.1) is 11.6 Å². The highest BCUT2D eigenvalue weighted by Gasteiger charge is 2.28. The van der Waals surface area contributed by atoms with Crippen LogP contribution in [0, 0.1) is 0 Å². The lowest BCUT2D eigenvalue weighted by Gasteiger charge is -2.33. The molecule has 0 N–H and O–H groups in total. The number of halogens is 2. The largest absolute Gasteiger partial charge is 0.440 e. The predicted molar refractivity (Wildman–Crippen MR) is 63.1 cm³/mol. The molecule has 1 aromatic rings. The van der Waals surface area contributed by atoms with E-state index in [0.29, 0.717) is 11.6 Å². The van der Waals surface area contributed by atoms with Gasteiger partial charge in [0.2, 0.25) is 0 Å². The number of rotatable bonds is 2. The van der Waals surface area contributed by atoms with E-state index in [9.17, 15) is 4.79 Å². The molecule has 2 rings (SSSR count). The van der Waals surface area contributed by atoms with Gasteiger partial charge in [0.15, 0.2) is 11.0 Å². The highest BCUT2D eigenvalue weighted by atomic mass is 35.5. The first-order valence-electron chi connectivity index (χ1n) is 5.34. The van der Waals surface area contributed by atoms with Gasteiger partial charge >= 0.3 is 0 Å². The number of piperidine rings is 1. The van der Waals surface area contributed by atoms with Gasteiger partial charge < -0.3 is 9.32 Å². The van der Waals surface area contributed by atoms with E-state index in [1.165, 1.54) is 0 Å². The Hall–Kier alpha value is -0.670. The summed E-state index contributed by atoms with van der Waals surface area (Å²) in [6, 6.07) is 3.30. The van der Waals surface area contributed by atoms with E-state index in [-0.39, 0.29) is 17.2 Å². The third-order valence-electron chi connectivity index (χ3n) is 2.85. The van der Waals surface area contributed by atoms with Crippen molar-refractivity contribution in [2.24, 2.45) is 0 Å². The van der Waals surface area contributed by atoms with Gasteiger partial charge in [-0.2, -0.15) is 0 Å². The first-order chi connectivity index (χ1) is 7.72. The van der Waals surface area contributed by atoms with Gasteiger partial charge in [0.1, 0.15) is 0 Å². The van der Waals surface area contributed by atoms with Crippen LogP contribution < -0.4 is 0 Å². The fraction of sp³-hybridized carbons (Fsp3) is 0.545. The number of amides is 1. The summed E-state index contributed by atoms with van der Waals surface area (Å²) in [5.41, 5.74) is 0. The van der Waals surface area contributed by atoms with Gasteiger partial charge in [0.25, 0.3) is 5.91 Å². The predicted octanol–water partition coefficient (Wildman–Crippen LogP) is 3.17. The minimum Gasteiger partial charge on any atom is -0.440 e. The zero-order chi connectivity index (χ0) is 11.5. The van der Waals surface area contributed by atoms with Crippen LogP contribution in [0.4, 0.5) is 0 Å². The van der Waals surface area contributed by atoms with Crippen LogP contribution in [-0.4, -0.2) is 29.3 Å². The Kier molecular flexibility index (Phi) is 3.77. The number of nitrogens with zero attached hydrogens (tertiary/aromatic N) is 1. The molecule has 1 fully saturated rings. The molecule has 0 saturated carbocycles. The number of carbonyl (C=O) groups is 1. The van der Waals surface area contributed by atoms with Crippen molar-refractivity contribution in [3.8, 4) is 0 Å². The molecule has 5 heteroatoms. The average molecular weight is 262 g/mol. The van der Waals surface area contributed by atoms with E-state index in [2.05, 4.69) is 0 Å². The topological polar surface area (TPSA) is 33.5 Å². The van der Waals surface area contributed by atoms with Crippen molar-refractivity contribution in [3.63, 3.8) is 0 Å². The third kappa shape index (κ3) is 2.36. The summed E-state index contributed by atoms with van der Waals surface area (Å²) in [6.07, 6.45) is 3.11. The molecular weight excluding hydrogens is 249 g/mol. The third-order valence-corrected chi connectivity index (χ3v) is 3.41. The van der Waals surface area contributed by atoms with Crippen molar-refractivity contribution >= 4 is 29.1 Å². The lowest BCUT2D eigenvalue weighted by molar-refractivity contribution is 0.0606. The molecule has 0 spiro atoms. The summed E-state index contributed by atoms with van der Waals surface area (Å²) >= 11 is 11.5. The second-order valence-electron chi connectivity index (χ2n) is 3.91. The Morgan fingerprint density at radius 2 is 2.31 bits per heavy atom. The van der Waals surface area contributed by atoms with Gasteiger partial charge in [-0.3, -0.25) is 4.79 Å². The lowest BCUT2D eigenvalue weighted by Crippen LogP contribution is -2.44. The van der Waals surface area contributed by atoms with E-state index in [1.807, 2.05) is 0 Å². The fourth-order valence-electron chi connectivity index (χ4n) is 2.00. The normalized spacial score (nSPS) is 21.1. The number of hydrogen-bond acceptors (Lipinski definition) is 2. The highest BCUT2D eigenvalue weighted by molar-refractivity contribution is 6.29. The first-order valence-corrected chi connectivity index (χ1v) is 6.26. The SMILES string of the molecule is O=C(c1ccc(Cl)o1)N1CCCCC1CCl. The van der Waals surface area contributed by atoms with Crippen LogP contribution in [0.15, 0.2) is 16.5 Å². The monoisotopic (exact) mass is 261 g/mol. The molecule has 2 heterocycles. The molecule has 0 radical (unpaired) electrons. The minimum absolute atomic E-state index is 0.114. The van der Waals surface area contributed by atoms with Gasteiger partial charge in [0, 0.05) is 18.5 Å². The zero-order valence-corrected chi connectivity index (χ0v) is 10.3. The van der Waals surface area contributed by atoms with Crippen LogP contribution in [-0.2, 0) is 0 Å². The van der Waals surface area contributed by atoms with Crippen LogP contribution in [0.25, 0.3) is 0 Å². The molecule has 1 aromatic heterocycles. The molecule has 1 amide bonds. The number of alkyl halides is 1. The van der Waals surface area contributed by atoms with Crippen LogP contribution in [0.2, 0.25) is 5.22 Å². The summed E-state index contributed by atoms with van der Waals surface area (Å²) in [6.45, 7) is 0.745. The molecule has 1 unspecified atom stereocenters. The summed E-state index contributed by atoms with van der Waals surface area (Å²) in [7, 11) is 0. The molecule has 1 aliphatic heterocycles. The minimum atomic E-state index is -0.114. The Morgan fingerprint density at radius 3 is 2.94 bits per heavy atom. The molecular formula is C11H13Cl2NO2. The lowest BCUT2D eigenvalue weighted by atomic mass is 10.0. The first kappa shape index (κ1) is 11.8. The second-order valence-corrected chi connectivity index (χ2v) is 4.59. The summed E-state index contributed by atoms with van der Waals surface area (Å²) in [5, 5.41) is 0.239. The number of furan rings is 1. The molecule has 0 bridgehead atoms. The fourth-order valence-corrected chi connectivity index (χ4v) is 2.47. The summed E-state index contributed by atoms with van der Waals surface area (Å²) < 4.78 is 5.12. The Labute approximate surface area is 104 Å². The second kappa shape index (κ2) is 5.11. The Bertz CT molecular complexity index is 378. The number of likely N-dealkylation sites (tertiary alicyclic amines) is 1. The van der Waals surface area contributed by atoms with E-state index in [4.69, 9.17) is 27.6 Å².